The summed E-state index contributed by atoms with van der Waals surface area (Å²) in [6.45, 7) is 3.12. The summed E-state index contributed by atoms with van der Waals surface area (Å²) in [5.74, 6) is 0.222. The van der Waals surface area contributed by atoms with Crippen LogP contribution >= 0.6 is 0 Å². The first-order valence-electron chi connectivity index (χ1n) is 11.1. The van der Waals surface area contributed by atoms with Gasteiger partial charge in [-0.15, -0.1) is 0 Å². The molecule has 0 spiro atoms. The quantitative estimate of drug-likeness (QED) is 0.662. The number of fused-ring (bicyclic) bond motifs is 1. The molecule has 1 saturated heterocycles. The van der Waals surface area contributed by atoms with E-state index in [0.717, 1.165) is 18.4 Å². The molecule has 0 saturated carbocycles. The molecule has 2 amide bonds. The van der Waals surface area contributed by atoms with Gasteiger partial charge in [-0.3, -0.25) is 24.4 Å². The second-order valence-electron chi connectivity index (χ2n) is 8.42. The number of aromatic nitrogens is 4. The molecule has 5 rings (SSSR count). The van der Waals surface area contributed by atoms with E-state index in [2.05, 4.69) is 15.0 Å². The van der Waals surface area contributed by atoms with Crippen LogP contribution in [0.2, 0.25) is 0 Å². The van der Waals surface area contributed by atoms with E-state index in [1.165, 1.54) is 0 Å². The molecule has 0 aliphatic carbocycles. The van der Waals surface area contributed by atoms with E-state index in [1.807, 2.05) is 6.92 Å². The Labute approximate surface area is 190 Å². The summed E-state index contributed by atoms with van der Waals surface area (Å²) < 4.78 is 0. The van der Waals surface area contributed by atoms with E-state index in [4.69, 9.17) is 4.98 Å². The van der Waals surface area contributed by atoms with Gasteiger partial charge in [-0.25, -0.2) is 4.98 Å². The van der Waals surface area contributed by atoms with E-state index in [0.29, 0.717) is 47.8 Å². The molecule has 1 N–H and O–H groups in total. The molecule has 2 aliphatic heterocycles. The van der Waals surface area contributed by atoms with E-state index < -0.39 is 0 Å². The minimum Gasteiger partial charge on any atom is -0.334 e. The van der Waals surface area contributed by atoms with Crippen molar-refractivity contribution in [3.8, 4) is 0 Å². The van der Waals surface area contributed by atoms with Crippen LogP contribution in [0, 0.1) is 6.92 Å². The number of carbonyl (C=O) groups excluding carboxylic acids is 2. The molecule has 9 heteroatoms. The minimum atomic E-state index is -0.295. The van der Waals surface area contributed by atoms with Crippen LogP contribution in [0.15, 0.2) is 47.7 Å². The molecule has 168 valence electrons. The van der Waals surface area contributed by atoms with Crippen molar-refractivity contribution in [2.24, 2.45) is 0 Å². The van der Waals surface area contributed by atoms with Crippen LogP contribution in [-0.4, -0.2) is 54.6 Å². The lowest BCUT2D eigenvalue weighted by atomic mass is 10.0. The predicted molar refractivity (Wildman–Crippen MR) is 120 cm³/mol. The number of carbonyl (C=O) groups is 2. The van der Waals surface area contributed by atoms with Crippen LogP contribution < -0.4 is 5.56 Å². The molecule has 5 heterocycles. The molecular formula is C24H24N6O3. The van der Waals surface area contributed by atoms with Crippen LogP contribution in [0.1, 0.15) is 62.4 Å². The molecule has 1 fully saturated rings. The molecule has 0 radical (unpaired) electrons. The van der Waals surface area contributed by atoms with Gasteiger partial charge >= 0.3 is 0 Å². The van der Waals surface area contributed by atoms with Crippen LogP contribution in [0.25, 0.3) is 0 Å². The molecule has 3 aromatic heterocycles. The highest BCUT2D eigenvalue weighted by atomic mass is 16.2. The van der Waals surface area contributed by atoms with Gasteiger partial charge in [0.05, 0.1) is 23.8 Å². The van der Waals surface area contributed by atoms with Gasteiger partial charge in [-0.1, -0.05) is 6.07 Å². The SMILES string of the molecule is Cc1cnccc1C(=O)N1CCc2nc([C@@H]3CCCN3C(=O)c3ccccn3)[nH]c(=O)c2C1. The first-order valence-corrected chi connectivity index (χ1v) is 11.1. The fourth-order valence-corrected chi connectivity index (χ4v) is 4.59. The maximum Gasteiger partial charge on any atom is 0.273 e. The molecular weight excluding hydrogens is 420 g/mol. The van der Waals surface area contributed by atoms with Gasteiger partial charge in [0, 0.05) is 43.7 Å². The standard InChI is InChI=1S/C24H24N6O3/c1-15-13-25-10-7-16(15)23(32)29-12-8-18-17(14-29)22(31)28-21(27-18)20-6-4-11-30(20)24(33)19-5-2-3-9-26-19/h2-3,5,7,9-10,13,20H,4,6,8,11-12,14H2,1H3,(H,27,28,31)/t20-/m0/s1. The van der Waals surface area contributed by atoms with Crippen molar-refractivity contribution < 1.29 is 9.59 Å². The Morgan fingerprint density at radius 1 is 1.12 bits per heavy atom. The third kappa shape index (κ3) is 3.90. The fourth-order valence-electron chi connectivity index (χ4n) is 4.59. The number of hydrogen-bond acceptors (Lipinski definition) is 6. The molecule has 0 unspecified atom stereocenters. The number of hydrogen-bond donors (Lipinski definition) is 1. The highest BCUT2D eigenvalue weighted by molar-refractivity contribution is 5.95. The summed E-state index contributed by atoms with van der Waals surface area (Å²) in [5.41, 5.74) is 2.71. The van der Waals surface area contributed by atoms with Crippen LogP contribution in [0.5, 0.6) is 0 Å². The Bertz CT molecular complexity index is 1270. The molecule has 3 aromatic rings. The Hall–Kier alpha value is -3.88. The van der Waals surface area contributed by atoms with Gasteiger partial charge in [0.25, 0.3) is 17.4 Å². The largest absolute Gasteiger partial charge is 0.334 e. The number of aryl methyl sites for hydroxylation is 1. The van der Waals surface area contributed by atoms with E-state index in [1.54, 1.807) is 52.7 Å². The lowest BCUT2D eigenvalue weighted by molar-refractivity contribution is 0.0712. The van der Waals surface area contributed by atoms with Crippen molar-refractivity contribution in [2.45, 2.75) is 38.8 Å². The molecule has 9 nitrogen and oxygen atoms in total. The monoisotopic (exact) mass is 444 g/mol. The van der Waals surface area contributed by atoms with Gasteiger partial charge in [0.2, 0.25) is 0 Å². The van der Waals surface area contributed by atoms with E-state index in [9.17, 15) is 14.4 Å². The summed E-state index contributed by atoms with van der Waals surface area (Å²) in [7, 11) is 0. The number of nitrogens with one attached hydrogen (secondary N) is 1. The summed E-state index contributed by atoms with van der Waals surface area (Å²) >= 11 is 0. The van der Waals surface area contributed by atoms with Gasteiger partial charge in [0.15, 0.2) is 0 Å². The smallest absolute Gasteiger partial charge is 0.273 e. The number of amides is 2. The average molecular weight is 444 g/mol. The van der Waals surface area contributed by atoms with Crippen molar-refractivity contribution in [2.75, 3.05) is 13.1 Å². The Kier molecular flexibility index (Phi) is 5.45. The molecule has 0 bridgehead atoms. The predicted octanol–water partition coefficient (Wildman–Crippen LogP) is 2.04. The summed E-state index contributed by atoms with van der Waals surface area (Å²) in [6, 6.07) is 6.65. The minimum absolute atomic E-state index is 0.119. The second-order valence-corrected chi connectivity index (χ2v) is 8.42. The second kappa shape index (κ2) is 8.57. The lowest BCUT2D eigenvalue weighted by Gasteiger charge is -2.29. The molecule has 33 heavy (non-hydrogen) atoms. The van der Waals surface area contributed by atoms with Crippen molar-refractivity contribution in [3.63, 3.8) is 0 Å². The summed E-state index contributed by atoms with van der Waals surface area (Å²) in [5, 5.41) is 0. The molecule has 1 atom stereocenters. The first-order chi connectivity index (χ1) is 16.0. The third-order valence-corrected chi connectivity index (χ3v) is 6.34. The van der Waals surface area contributed by atoms with Gasteiger partial charge in [-0.2, -0.15) is 0 Å². The van der Waals surface area contributed by atoms with Crippen molar-refractivity contribution in [1.82, 2.24) is 29.7 Å². The normalized spacial score (nSPS) is 17.7. The van der Waals surface area contributed by atoms with Crippen molar-refractivity contribution in [1.29, 1.82) is 0 Å². The van der Waals surface area contributed by atoms with E-state index in [-0.39, 0.29) is 30.0 Å². The summed E-state index contributed by atoms with van der Waals surface area (Å²) in [4.78, 5) is 58.2. The first kappa shape index (κ1) is 21.0. The maximum absolute atomic E-state index is 13.0. The highest BCUT2D eigenvalue weighted by Gasteiger charge is 2.34. The Morgan fingerprint density at radius 3 is 2.79 bits per heavy atom. The number of H-pyrrole nitrogens is 1. The number of nitrogens with zero attached hydrogens (tertiary/aromatic N) is 5. The van der Waals surface area contributed by atoms with Gasteiger partial charge in [-0.05, 0) is 43.5 Å². The van der Waals surface area contributed by atoms with E-state index >= 15 is 0 Å². The zero-order chi connectivity index (χ0) is 22.9. The lowest BCUT2D eigenvalue weighted by Crippen LogP contribution is -2.41. The average Bonchev–Trinajstić information content (AvgIpc) is 3.34. The Morgan fingerprint density at radius 2 is 2.00 bits per heavy atom. The van der Waals surface area contributed by atoms with Crippen molar-refractivity contribution in [3.05, 3.63) is 87.1 Å². The van der Waals surface area contributed by atoms with Crippen LogP contribution in [0.4, 0.5) is 0 Å². The zero-order valence-electron chi connectivity index (χ0n) is 18.3. The number of rotatable bonds is 3. The number of pyridine rings is 2. The van der Waals surface area contributed by atoms with Crippen LogP contribution in [-0.2, 0) is 13.0 Å². The third-order valence-electron chi connectivity index (χ3n) is 6.34. The van der Waals surface area contributed by atoms with Crippen molar-refractivity contribution >= 4 is 11.8 Å². The zero-order valence-corrected chi connectivity index (χ0v) is 18.3. The number of likely N-dealkylation sites (tertiary alicyclic amines) is 1. The maximum atomic E-state index is 13.0. The highest BCUT2D eigenvalue weighted by Crippen LogP contribution is 2.31. The molecule has 0 aromatic carbocycles. The molecule has 2 aliphatic rings. The number of aromatic amines is 1. The van der Waals surface area contributed by atoms with Gasteiger partial charge < -0.3 is 14.8 Å². The fraction of sp³-hybridized carbons (Fsp3) is 0.333. The summed E-state index contributed by atoms with van der Waals surface area (Å²) in [6.07, 6.45) is 6.90. The topological polar surface area (TPSA) is 112 Å². The Balaban J connectivity index is 1.39. The van der Waals surface area contributed by atoms with Gasteiger partial charge in [0.1, 0.15) is 11.5 Å². The van der Waals surface area contributed by atoms with Crippen LogP contribution in [0.3, 0.4) is 0 Å².